The maximum absolute atomic E-state index is 14.4. The molecule has 0 saturated heterocycles. The Morgan fingerprint density at radius 3 is 2.35 bits per heavy atom. The van der Waals surface area contributed by atoms with Crippen LogP contribution in [0.4, 0.5) is 8.78 Å². The molecule has 0 bridgehead atoms. The molecule has 2 aromatic carbocycles. The summed E-state index contributed by atoms with van der Waals surface area (Å²) < 4.78 is 28.5. The Morgan fingerprint density at radius 2 is 1.74 bits per heavy atom. The molecule has 6 heteroatoms. The summed E-state index contributed by atoms with van der Waals surface area (Å²) in [6.07, 6.45) is 0. The maximum Gasteiger partial charge on any atom is 0.353 e. The van der Waals surface area contributed by atoms with Gasteiger partial charge in [0, 0.05) is 18.0 Å². The van der Waals surface area contributed by atoms with Crippen LogP contribution in [-0.2, 0) is 7.05 Å². The van der Waals surface area contributed by atoms with E-state index in [4.69, 9.17) is 0 Å². The molecular formula is C17H11F2NO3. The smallest absolute Gasteiger partial charge is 0.353 e. The van der Waals surface area contributed by atoms with Crippen molar-refractivity contribution in [2.45, 2.75) is 0 Å². The van der Waals surface area contributed by atoms with Gasteiger partial charge < -0.3 is 9.67 Å². The lowest BCUT2D eigenvalue weighted by Gasteiger charge is -2.15. The number of rotatable bonds is 2. The number of carboxylic acids is 1. The summed E-state index contributed by atoms with van der Waals surface area (Å²) in [5, 5.41) is 9.46. The first-order valence-corrected chi connectivity index (χ1v) is 6.72. The molecule has 0 spiro atoms. The first kappa shape index (κ1) is 14.9. The lowest BCUT2D eigenvalue weighted by molar-refractivity contribution is 0.0686. The molecule has 0 amide bonds. The molecule has 0 aliphatic rings. The zero-order valence-corrected chi connectivity index (χ0v) is 12.0. The highest BCUT2D eigenvalue weighted by molar-refractivity contribution is 6.06. The number of carbonyl (C=O) groups is 1. The molecule has 4 nitrogen and oxygen atoms in total. The van der Waals surface area contributed by atoms with Crippen molar-refractivity contribution in [1.82, 2.24) is 4.57 Å². The fourth-order valence-electron chi connectivity index (χ4n) is 2.67. The third-order valence-electron chi connectivity index (χ3n) is 3.71. The van der Waals surface area contributed by atoms with Crippen LogP contribution in [0.1, 0.15) is 10.5 Å². The van der Waals surface area contributed by atoms with E-state index in [1.54, 1.807) is 0 Å². The monoisotopic (exact) mass is 315 g/mol. The van der Waals surface area contributed by atoms with Crippen LogP contribution in [0, 0.1) is 11.6 Å². The van der Waals surface area contributed by atoms with Gasteiger partial charge in [0.15, 0.2) is 0 Å². The summed E-state index contributed by atoms with van der Waals surface area (Å²) in [4.78, 5) is 24.0. The van der Waals surface area contributed by atoms with E-state index in [9.17, 15) is 23.5 Å². The lowest BCUT2D eigenvalue weighted by atomic mass is 9.96. The van der Waals surface area contributed by atoms with Gasteiger partial charge in [0.25, 0.3) is 5.56 Å². The Hall–Kier alpha value is -3.02. The first-order chi connectivity index (χ1) is 10.9. The second kappa shape index (κ2) is 5.31. The number of carboxylic acid groups (broad SMARTS) is 1. The third kappa shape index (κ3) is 2.28. The molecule has 0 saturated carbocycles. The summed E-state index contributed by atoms with van der Waals surface area (Å²) in [7, 11) is 1.31. The van der Waals surface area contributed by atoms with Crippen molar-refractivity contribution in [3.63, 3.8) is 0 Å². The number of pyridine rings is 1. The highest BCUT2D eigenvalue weighted by Crippen LogP contribution is 2.32. The van der Waals surface area contributed by atoms with E-state index in [-0.39, 0.29) is 22.0 Å². The molecular weight excluding hydrogens is 304 g/mol. The van der Waals surface area contributed by atoms with Crippen LogP contribution >= 0.6 is 0 Å². The zero-order chi connectivity index (χ0) is 16.7. The molecule has 1 N–H and O–H groups in total. The molecule has 116 valence electrons. The van der Waals surface area contributed by atoms with Gasteiger partial charge in [0.05, 0.1) is 5.39 Å². The van der Waals surface area contributed by atoms with E-state index < -0.39 is 23.2 Å². The molecule has 0 unspecified atom stereocenters. The van der Waals surface area contributed by atoms with Crippen molar-refractivity contribution in [1.29, 1.82) is 0 Å². The molecule has 0 fully saturated rings. The highest BCUT2D eigenvalue weighted by Gasteiger charge is 2.23. The summed E-state index contributed by atoms with van der Waals surface area (Å²) in [6.45, 7) is 0. The van der Waals surface area contributed by atoms with Gasteiger partial charge in [0.2, 0.25) is 0 Å². The third-order valence-corrected chi connectivity index (χ3v) is 3.71. The van der Waals surface area contributed by atoms with Crippen LogP contribution in [0.3, 0.4) is 0 Å². The van der Waals surface area contributed by atoms with Gasteiger partial charge in [-0.05, 0) is 29.8 Å². The minimum absolute atomic E-state index is 0.0488. The molecule has 0 aliphatic carbocycles. The van der Waals surface area contributed by atoms with Crippen LogP contribution in [0.5, 0.6) is 0 Å². The number of aromatic nitrogens is 1. The van der Waals surface area contributed by atoms with Crippen LogP contribution < -0.4 is 5.56 Å². The number of hydrogen-bond donors (Lipinski definition) is 1. The number of fused-ring (bicyclic) bond motifs is 1. The second-order valence-corrected chi connectivity index (χ2v) is 5.06. The summed E-state index contributed by atoms with van der Waals surface area (Å²) in [5.74, 6) is -2.57. The zero-order valence-electron chi connectivity index (χ0n) is 12.0. The number of benzene rings is 2. The largest absolute Gasteiger partial charge is 0.477 e. The van der Waals surface area contributed by atoms with Gasteiger partial charge in [-0.25, -0.2) is 13.6 Å². The van der Waals surface area contributed by atoms with E-state index in [1.807, 2.05) is 0 Å². The number of aromatic carboxylic acids is 1. The fourth-order valence-corrected chi connectivity index (χ4v) is 2.67. The molecule has 0 radical (unpaired) electrons. The average molecular weight is 315 g/mol. The standard InChI is InChI=1S/C17H11F2NO3/c1-20-15(17(22)23)13(9-5-7-10(18)8-6-9)14-11(16(20)21)3-2-4-12(14)19/h2-8H,1H3,(H,22,23). The van der Waals surface area contributed by atoms with Crippen molar-refractivity contribution in [2.75, 3.05) is 0 Å². The van der Waals surface area contributed by atoms with Gasteiger partial charge >= 0.3 is 5.97 Å². The number of nitrogens with zero attached hydrogens (tertiary/aromatic N) is 1. The average Bonchev–Trinajstić information content (AvgIpc) is 2.51. The predicted molar refractivity (Wildman–Crippen MR) is 81.5 cm³/mol. The predicted octanol–water partition coefficient (Wildman–Crippen LogP) is 3.18. The molecule has 23 heavy (non-hydrogen) atoms. The first-order valence-electron chi connectivity index (χ1n) is 6.72. The highest BCUT2D eigenvalue weighted by atomic mass is 19.1. The Bertz CT molecular complexity index is 991. The van der Waals surface area contributed by atoms with Gasteiger partial charge in [0.1, 0.15) is 17.3 Å². The van der Waals surface area contributed by atoms with Crippen LogP contribution in [-0.4, -0.2) is 15.6 Å². The van der Waals surface area contributed by atoms with E-state index >= 15 is 0 Å². The molecule has 0 aliphatic heterocycles. The summed E-state index contributed by atoms with van der Waals surface area (Å²) in [5.41, 5.74) is -0.593. The number of hydrogen-bond acceptors (Lipinski definition) is 2. The SMILES string of the molecule is Cn1c(C(=O)O)c(-c2ccc(F)cc2)c2c(F)cccc2c1=O. The molecule has 3 rings (SSSR count). The summed E-state index contributed by atoms with van der Waals surface area (Å²) in [6, 6.07) is 8.98. The Morgan fingerprint density at radius 1 is 1.09 bits per heavy atom. The van der Waals surface area contributed by atoms with Gasteiger partial charge in [-0.1, -0.05) is 18.2 Å². The maximum atomic E-state index is 14.4. The topological polar surface area (TPSA) is 59.3 Å². The second-order valence-electron chi connectivity index (χ2n) is 5.06. The summed E-state index contributed by atoms with van der Waals surface area (Å²) >= 11 is 0. The minimum Gasteiger partial charge on any atom is -0.477 e. The number of halogens is 2. The normalized spacial score (nSPS) is 10.9. The Labute approximate surface area is 129 Å². The van der Waals surface area contributed by atoms with Crippen molar-refractivity contribution < 1.29 is 18.7 Å². The van der Waals surface area contributed by atoms with E-state index in [0.717, 1.165) is 22.8 Å². The molecule has 0 atom stereocenters. The van der Waals surface area contributed by atoms with E-state index in [0.29, 0.717) is 5.56 Å². The van der Waals surface area contributed by atoms with Gasteiger partial charge in [-0.3, -0.25) is 4.79 Å². The van der Waals surface area contributed by atoms with Crippen molar-refractivity contribution in [3.8, 4) is 11.1 Å². The quantitative estimate of drug-likeness (QED) is 0.790. The van der Waals surface area contributed by atoms with Crippen LogP contribution in [0.15, 0.2) is 47.3 Å². The van der Waals surface area contributed by atoms with Gasteiger partial charge in [-0.2, -0.15) is 0 Å². The van der Waals surface area contributed by atoms with E-state index in [1.165, 1.54) is 31.3 Å². The van der Waals surface area contributed by atoms with Crippen LogP contribution in [0.25, 0.3) is 21.9 Å². The van der Waals surface area contributed by atoms with Crippen molar-refractivity contribution in [2.24, 2.45) is 7.05 Å². The van der Waals surface area contributed by atoms with Crippen molar-refractivity contribution in [3.05, 3.63) is 70.1 Å². The van der Waals surface area contributed by atoms with Crippen molar-refractivity contribution >= 4 is 16.7 Å². The molecule has 3 aromatic rings. The Kier molecular flexibility index (Phi) is 3.44. The Balaban J connectivity index is 2.59. The minimum atomic E-state index is -1.37. The fraction of sp³-hybridized carbons (Fsp3) is 0.0588. The lowest BCUT2D eigenvalue weighted by Crippen LogP contribution is -2.25. The van der Waals surface area contributed by atoms with Gasteiger partial charge in [-0.15, -0.1) is 0 Å². The molecule has 1 aromatic heterocycles. The molecule has 1 heterocycles. The van der Waals surface area contributed by atoms with Crippen LogP contribution in [0.2, 0.25) is 0 Å². The van der Waals surface area contributed by atoms with E-state index in [2.05, 4.69) is 0 Å².